The predicted octanol–water partition coefficient (Wildman–Crippen LogP) is 3.27. The number of benzene rings is 2. The molecule has 126 valence electrons. The Morgan fingerprint density at radius 2 is 1.79 bits per heavy atom. The van der Waals surface area contributed by atoms with Gasteiger partial charge in [0.15, 0.2) is 0 Å². The van der Waals surface area contributed by atoms with Gasteiger partial charge >= 0.3 is 0 Å². The number of ether oxygens (including phenoxy) is 1. The van der Waals surface area contributed by atoms with Crippen LogP contribution >= 0.6 is 0 Å². The van der Waals surface area contributed by atoms with Gasteiger partial charge in [0.25, 0.3) is 0 Å². The second kappa shape index (κ2) is 8.14. The Morgan fingerprint density at radius 1 is 1.04 bits per heavy atom. The van der Waals surface area contributed by atoms with E-state index in [1.165, 1.54) is 16.3 Å². The van der Waals surface area contributed by atoms with Crippen molar-refractivity contribution >= 4 is 10.8 Å². The number of rotatable bonds is 6. The van der Waals surface area contributed by atoms with Crippen molar-refractivity contribution < 1.29 is 4.74 Å². The molecule has 1 heterocycles. The maximum Gasteiger partial charge on any atom is 0.124 e. The van der Waals surface area contributed by atoms with Gasteiger partial charge < -0.3 is 4.74 Å². The van der Waals surface area contributed by atoms with Gasteiger partial charge in [0, 0.05) is 51.3 Å². The van der Waals surface area contributed by atoms with Gasteiger partial charge in [0.1, 0.15) is 5.75 Å². The van der Waals surface area contributed by atoms with Crippen LogP contribution in [0.15, 0.2) is 36.4 Å². The van der Waals surface area contributed by atoms with E-state index in [4.69, 9.17) is 10.00 Å². The summed E-state index contributed by atoms with van der Waals surface area (Å²) in [5.41, 5.74) is 1.29. The number of fused-ring (bicyclic) bond motifs is 1. The fourth-order valence-corrected chi connectivity index (χ4v) is 3.37. The van der Waals surface area contributed by atoms with E-state index in [1.54, 1.807) is 0 Å². The van der Waals surface area contributed by atoms with Crippen LogP contribution in [0.3, 0.4) is 0 Å². The highest BCUT2D eigenvalue weighted by Gasteiger charge is 2.19. The van der Waals surface area contributed by atoms with Crippen molar-refractivity contribution in [1.29, 1.82) is 5.26 Å². The summed E-state index contributed by atoms with van der Waals surface area (Å²) in [5, 5.41) is 11.3. The smallest absolute Gasteiger partial charge is 0.124 e. The molecule has 24 heavy (non-hydrogen) atoms. The molecule has 0 atom stereocenters. The number of hydrogen-bond donors (Lipinski definition) is 0. The lowest BCUT2D eigenvalue weighted by Crippen LogP contribution is -2.46. The third-order valence-corrected chi connectivity index (χ3v) is 4.68. The highest BCUT2D eigenvalue weighted by molar-refractivity contribution is 5.87. The largest absolute Gasteiger partial charge is 0.494 e. The van der Waals surface area contributed by atoms with Crippen LogP contribution in [-0.4, -0.2) is 49.1 Å². The molecule has 0 aliphatic carbocycles. The van der Waals surface area contributed by atoms with E-state index in [-0.39, 0.29) is 0 Å². The van der Waals surface area contributed by atoms with E-state index in [2.05, 4.69) is 52.3 Å². The van der Waals surface area contributed by atoms with Crippen molar-refractivity contribution in [3.63, 3.8) is 0 Å². The van der Waals surface area contributed by atoms with Crippen LogP contribution in [0.4, 0.5) is 0 Å². The third kappa shape index (κ3) is 3.87. The molecule has 0 amide bonds. The fraction of sp³-hybridized carbons (Fsp3) is 0.450. The number of hydrogen-bond acceptors (Lipinski definition) is 4. The minimum absolute atomic E-state index is 0.623. The van der Waals surface area contributed by atoms with Gasteiger partial charge in [0.2, 0.25) is 0 Å². The van der Waals surface area contributed by atoms with Gasteiger partial charge in [-0.05, 0) is 23.8 Å². The molecule has 4 heteroatoms. The van der Waals surface area contributed by atoms with Gasteiger partial charge in [0.05, 0.1) is 12.7 Å². The molecule has 1 aliphatic rings. The fourth-order valence-electron chi connectivity index (χ4n) is 3.37. The van der Waals surface area contributed by atoms with Crippen molar-refractivity contribution in [2.45, 2.75) is 19.9 Å². The summed E-state index contributed by atoms with van der Waals surface area (Å²) >= 11 is 0. The topological polar surface area (TPSA) is 39.5 Å². The first-order chi connectivity index (χ1) is 11.8. The minimum Gasteiger partial charge on any atom is -0.494 e. The highest BCUT2D eigenvalue weighted by Crippen LogP contribution is 2.29. The maximum atomic E-state index is 8.72. The van der Waals surface area contributed by atoms with Gasteiger partial charge in [-0.15, -0.1) is 0 Å². The van der Waals surface area contributed by atoms with Crippen LogP contribution in [0.2, 0.25) is 0 Å². The van der Waals surface area contributed by atoms with E-state index in [1.807, 2.05) is 6.92 Å². The number of piperazine rings is 1. The first-order valence-electron chi connectivity index (χ1n) is 8.77. The first kappa shape index (κ1) is 16.8. The minimum atomic E-state index is 0.623. The Kier molecular flexibility index (Phi) is 5.68. The molecule has 0 unspecified atom stereocenters. The quantitative estimate of drug-likeness (QED) is 0.818. The average Bonchev–Trinajstić information content (AvgIpc) is 2.63. The van der Waals surface area contributed by atoms with Crippen LogP contribution in [-0.2, 0) is 6.54 Å². The van der Waals surface area contributed by atoms with E-state index in [0.29, 0.717) is 13.0 Å². The van der Waals surface area contributed by atoms with E-state index >= 15 is 0 Å². The van der Waals surface area contributed by atoms with Crippen molar-refractivity contribution in [1.82, 2.24) is 9.80 Å². The van der Waals surface area contributed by atoms with Gasteiger partial charge in [-0.2, -0.15) is 5.26 Å². The summed E-state index contributed by atoms with van der Waals surface area (Å²) in [4.78, 5) is 4.87. The van der Waals surface area contributed by atoms with Crippen LogP contribution in [0, 0.1) is 11.3 Å². The number of nitriles is 1. The molecular weight excluding hydrogens is 298 g/mol. The molecule has 0 saturated carbocycles. The lowest BCUT2D eigenvalue weighted by atomic mass is 10.0. The van der Waals surface area contributed by atoms with Gasteiger partial charge in [-0.1, -0.05) is 30.3 Å². The van der Waals surface area contributed by atoms with Crippen LogP contribution in [0.5, 0.6) is 5.75 Å². The Labute approximate surface area is 144 Å². The van der Waals surface area contributed by atoms with Crippen LogP contribution < -0.4 is 4.74 Å². The van der Waals surface area contributed by atoms with E-state index in [0.717, 1.165) is 45.0 Å². The molecule has 2 aromatic rings. The molecule has 0 aromatic heterocycles. The molecule has 1 aliphatic heterocycles. The molecule has 0 spiro atoms. The zero-order chi connectivity index (χ0) is 16.8. The number of nitrogens with zero attached hydrogens (tertiary/aromatic N) is 3. The van der Waals surface area contributed by atoms with Crippen molar-refractivity contribution in [3.8, 4) is 11.8 Å². The molecule has 0 radical (unpaired) electrons. The summed E-state index contributed by atoms with van der Waals surface area (Å²) in [6.45, 7) is 8.69. The SMILES string of the molecule is CCOc1ccc2ccccc2c1CN1CCN(CCC#N)CC1. The second-order valence-corrected chi connectivity index (χ2v) is 6.22. The summed E-state index contributed by atoms with van der Waals surface area (Å²) in [6.07, 6.45) is 0.623. The Morgan fingerprint density at radius 3 is 2.54 bits per heavy atom. The average molecular weight is 323 g/mol. The molecule has 4 nitrogen and oxygen atoms in total. The second-order valence-electron chi connectivity index (χ2n) is 6.22. The zero-order valence-electron chi connectivity index (χ0n) is 14.4. The zero-order valence-corrected chi connectivity index (χ0v) is 14.4. The lowest BCUT2D eigenvalue weighted by molar-refractivity contribution is 0.128. The van der Waals surface area contributed by atoms with Gasteiger partial charge in [-0.25, -0.2) is 0 Å². The molecule has 0 bridgehead atoms. The Hall–Kier alpha value is -2.09. The molecule has 3 rings (SSSR count). The van der Waals surface area contributed by atoms with E-state index in [9.17, 15) is 0 Å². The van der Waals surface area contributed by atoms with Gasteiger partial charge in [-0.3, -0.25) is 9.80 Å². The Bertz CT molecular complexity index is 714. The summed E-state index contributed by atoms with van der Waals surface area (Å²) < 4.78 is 5.89. The molecule has 0 N–H and O–H groups in total. The lowest BCUT2D eigenvalue weighted by Gasteiger charge is -2.34. The summed E-state index contributed by atoms with van der Waals surface area (Å²) in [7, 11) is 0. The standard InChI is InChI=1S/C20H25N3O/c1-2-24-20-9-8-17-6-3-4-7-18(17)19(20)16-23-14-12-22(13-15-23)11-5-10-21/h3-4,6-9H,2,5,11-16H2,1H3. The monoisotopic (exact) mass is 323 g/mol. The van der Waals surface area contributed by atoms with E-state index < -0.39 is 0 Å². The summed E-state index contributed by atoms with van der Waals surface area (Å²) in [5.74, 6) is 1.00. The molecule has 1 fully saturated rings. The first-order valence-corrected chi connectivity index (χ1v) is 8.77. The van der Waals surface area contributed by atoms with Crippen molar-refractivity contribution in [2.75, 3.05) is 39.3 Å². The molecule has 2 aromatic carbocycles. The molecule has 1 saturated heterocycles. The summed E-state index contributed by atoms with van der Waals surface area (Å²) in [6, 6.07) is 15.0. The predicted molar refractivity (Wildman–Crippen MR) is 97.1 cm³/mol. The highest BCUT2D eigenvalue weighted by atomic mass is 16.5. The Balaban J connectivity index is 1.75. The third-order valence-electron chi connectivity index (χ3n) is 4.68. The van der Waals surface area contributed by atoms with Crippen LogP contribution in [0.25, 0.3) is 10.8 Å². The molecular formula is C20H25N3O. The van der Waals surface area contributed by atoms with Crippen molar-refractivity contribution in [3.05, 3.63) is 42.0 Å². The normalized spacial score (nSPS) is 16.2. The van der Waals surface area contributed by atoms with Crippen LogP contribution in [0.1, 0.15) is 18.9 Å². The maximum absolute atomic E-state index is 8.72. The van der Waals surface area contributed by atoms with Crippen molar-refractivity contribution in [2.24, 2.45) is 0 Å².